The second-order valence-electron chi connectivity index (χ2n) is 5.93. The third-order valence-corrected chi connectivity index (χ3v) is 4.52. The van der Waals surface area contributed by atoms with Crippen LogP contribution in [0.1, 0.15) is 84.0 Å². The molecular weight excluding hydrogens is 286 g/mol. The van der Waals surface area contributed by atoms with Gasteiger partial charge in [0, 0.05) is 0 Å². The Bertz CT molecular complexity index is 305. The SMILES string of the molecule is CCCCCCCCCCCCNCCCCS(=O)(=O)O. The minimum atomic E-state index is -3.77. The van der Waals surface area contributed by atoms with E-state index in [4.69, 9.17) is 4.55 Å². The van der Waals surface area contributed by atoms with Crippen LogP contribution in [0.15, 0.2) is 0 Å². The zero-order valence-corrected chi connectivity index (χ0v) is 14.6. The van der Waals surface area contributed by atoms with Crippen LogP contribution in [0.5, 0.6) is 0 Å². The topological polar surface area (TPSA) is 66.4 Å². The molecule has 0 radical (unpaired) electrons. The Hall–Kier alpha value is -0.130. The molecule has 128 valence electrons. The maximum Gasteiger partial charge on any atom is 0.264 e. The van der Waals surface area contributed by atoms with Gasteiger partial charge in [-0.3, -0.25) is 4.55 Å². The average molecular weight is 322 g/mol. The van der Waals surface area contributed by atoms with Crippen LogP contribution in [0.4, 0.5) is 0 Å². The van der Waals surface area contributed by atoms with Crippen LogP contribution < -0.4 is 5.32 Å². The summed E-state index contributed by atoms with van der Waals surface area (Å²) in [6, 6.07) is 0. The van der Waals surface area contributed by atoms with E-state index in [0.717, 1.165) is 19.5 Å². The van der Waals surface area contributed by atoms with Gasteiger partial charge >= 0.3 is 0 Å². The molecule has 0 atom stereocenters. The highest BCUT2D eigenvalue weighted by molar-refractivity contribution is 7.85. The van der Waals surface area contributed by atoms with Gasteiger partial charge in [-0.25, -0.2) is 0 Å². The predicted molar refractivity (Wildman–Crippen MR) is 90.4 cm³/mol. The molecule has 5 heteroatoms. The Labute approximate surface area is 131 Å². The van der Waals surface area contributed by atoms with Gasteiger partial charge < -0.3 is 5.32 Å². The lowest BCUT2D eigenvalue weighted by molar-refractivity contribution is 0.479. The molecule has 4 nitrogen and oxygen atoms in total. The van der Waals surface area contributed by atoms with Gasteiger partial charge in [0.25, 0.3) is 10.1 Å². The van der Waals surface area contributed by atoms with Gasteiger partial charge in [-0.1, -0.05) is 64.7 Å². The first-order valence-electron chi connectivity index (χ1n) is 8.72. The third kappa shape index (κ3) is 19.9. The second kappa shape index (κ2) is 14.8. The van der Waals surface area contributed by atoms with E-state index in [2.05, 4.69) is 12.2 Å². The summed E-state index contributed by atoms with van der Waals surface area (Å²) in [4.78, 5) is 0. The molecule has 0 spiro atoms. The minimum Gasteiger partial charge on any atom is -0.317 e. The van der Waals surface area contributed by atoms with Crippen LogP contribution >= 0.6 is 0 Å². The van der Waals surface area contributed by atoms with Crippen LogP contribution in [0.2, 0.25) is 0 Å². The Morgan fingerprint density at radius 1 is 0.714 bits per heavy atom. The molecule has 0 saturated heterocycles. The maximum absolute atomic E-state index is 10.5. The summed E-state index contributed by atoms with van der Waals surface area (Å²) in [6.45, 7) is 4.11. The summed E-state index contributed by atoms with van der Waals surface area (Å²) in [7, 11) is -3.77. The third-order valence-electron chi connectivity index (χ3n) is 3.71. The molecule has 21 heavy (non-hydrogen) atoms. The van der Waals surface area contributed by atoms with Crippen molar-refractivity contribution in [2.45, 2.75) is 84.0 Å². The fourth-order valence-corrected chi connectivity index (χ4v) is 2.97. The Balaban J connectivity index is 3.03. The molecule has 0 aromatic rings. The van der Waals surface area contributed by atoms with Crippen LogP contribution in [-0.4, -0.2) is 31.8 Å². The smallest absolute Gasteiger partial charge is 0.264 e. The largest absolute Gasteiger partial charge is 0.317 e. The second-order valence-corrected chi connectivity index (χ2v) is 7.50. The molecule has 0 aliphatic heterocycles. The van der Waals surface area contributed by atoms with Crippen molar-refractivity contribution in [3.05, 3.63) is 0 Å². The first-order valence-corrected chi connectivity index (χ1v) is 10.3. The molecular formula is C16H35NO3S. The molecule has 2 N–H and O–H groups in total. The van der Waals surface area contributed by atoms with Crippen molar-refractivity contribution >= 4 is 10.1 Å². The van der Waals surface area contributed by atoms with Crippen molar-refractivity contribution in [3.8, 4) is 0 Å². The quantitative estimate of drug-likeness (QED) is 0.331. The molecule has 0 aliphatic rings. The molecule has 0 bridgehead atoms. The van der Waals surface area contributed by atoms with Gasteiger partial charge in [0.05, 0.1) is 5.75 Å². The van der Waals surface area contributed by atoms with E-state index in [1.807, 2.05) is 0 Å². The average Bonchev–Trinajstić information content (AvgIpc) is 2.42. The predicted octanol–water partition coefficient (Wildman–Crippen LogP) is 4.16. The van der Waals surface area contributed by atoms with E-state index >= 15 is 0 Å². The fourth-order valence-electron chi connectivity index (χ4n) is 2.40. The van der Waals surface area contributed by atoms with Gasteiger partial charge in [-0.2, -0.15) is 8.42 Å². The van der Waals surface area contributed by atoms with Crippen molar-refractivity contribution in [2.75, 3.05) is 18.8 Å². The van der Waals surface area contributed by atoms with Crippen molar-refractivity contribution < 1.29 is 13.0 Å². The summed E-state index contributed by atoms with van der Waals surface area (Å²) in [5.41, 5.74) is 0. The van der Waals surface area contributed by atoms with Crippen LogP contribution in [0.25, 0.3) is 0 Å². The zero-order chi connectivity index (χ0) is 15.8. The maximum atomic E-state index is 10.5. The Morgan fingerprint density at radius 3 is 1.62 bits per heavy atom. The summed E-state index contributed by atoms with van der Waals surface area (Å²) in [6.07, 6.45) is 14.8. The molecule has 0 heterocycles. The lowest BCUT2D eigenvalue weighted by Crippen LogP contribution is -2.17. The van der Waals surface area contributed by atoms with Crippen molar-refractivity contribution in [1.29, 1.82) is 0 Å². The van der Waals surface area contributed by atoms with Crippen molar-refractivity contribution in [3.63, 3.8) is 0 Å². The molecule has 0 fully saturated rings. The molecule has 0 aliphatic carbocycles. The van der Waals surface area contributed by atoms with Gasteiger partial charge in [-0.05, 0) is 32.4 Å². The standard InChI is InChI=1S/C16H35NO3S/c1-2-3-4-5-6-7-8-9-10-11-14-17-15-12-13-16-21(18,19)20/h17H,2-16H2,1H3,(H,18,19,20). The summed E-state index contributed by atoms with van der Waals surface area (Å²) in [5, 5.41) is 3.32. The highest BCUT2D eigenvalue weighted by Gasteiger charge is 2.02. The molecule has 0 unspecified atom stereocenters. The van der Waals surface area contributed by atoms with Crippen molar-refractivity contribution in [1.82, 2.24) is 5.32 Å². The van der Waals surface area contributed by atoms with E-state index in [1.54, 1.807) is 0 Å². The van der Waals surface area contributed by atoms with E-state index in [1.165, 1.54) is 64.2 Å². The number of rotatable bonds is 16. The molecule has 0 aromatic carbocycles. The van der Waals surface area contributed by atoms with Crippen LogP contribution in [0.3, 0.4) is 0 Å². The van der Waals surface area contributed by atoms with Gasteiger partial charge in [0.15, 0.2) is 0 Å². The van der Waals surface area contributed by atoms with E-state index in [0.29, 0.717) is 6.42 Å². The Morgan fingerprint density at radius 2 is 1.14 bits per heavy atom. The molecule has 0 amide bonds. The lowest BCUT2D eigenvalue weighted by Gasteiger charge is -2.05. The summed E-state index contributed by atoms with van der Waals surface area (Å²) >= 11 is 0. The molecule has 0 rings (SSSR count). The summed E-state index contributed by atoms with van der Waals surface area (Å²) in [5.74, 6) is -0.118. The van der Waals surface area contributed by atoms with E-state index in [-0.39, 0.29) is 5.75 Å². The monoisotopic (exact) mass is 321 g/mol. The summed E-state index contributed by atoms with van der Waals surface area (Å²) < 4.78 is 29.6. The van der Waals surface area contributed by atoms with Crippen molar-refractivity contribution in [2.24, 2.45) is 0 Å². The molecule has 0 aromatic heterocycles. The van der Waals surface area contributed by atoms with E-state index < -0.39 is 10.1 Å². The van der Waals surface area contributed by atoms with Gasteiger partial charge in [0.1, 0.15) is 0 Å². The number of nitrogens with one attached hydrogen (secondary N) is 1. The number of unbranched alkanes of at least 4 members (excludes halogenated alkanes) is 10. The zero-order valence-electron chi connectivity index (χ0n) is 13.8. The number of hydrogen-bond donors (Lipinski definition) is 2. The Kier molecular flexibility index (Phi) is 14.7. The van der Waals surface area contributed by atoms with E-state index in [9.17, 15) is 8.42 Å². The van der Waals surface area contributed by atoms with Crippen LogP contribution in [-0.2, 0) is 10.1 Å². The van der Waals surface area contributed by atoms with Gasteiger partial charge in [0.2, 0.25) is 0 Å². The highest BCUT2D eigenvalue weighted by atomic mass is 32.2. The highest BCUT2D eigenvalue weighted by Crippen LogP contribution is 2.10. The van der Waals surface area contributed by atoms with Crippen LogP contribution in [0, 0.1) is 0 Å². The number of hydrogen-bond acceptors (Lipinski definition) is 3. The van der Waals surface area contributed by atoms with Gasteiger partial charge in [-0.15, -0.1) is 0 Å². The normalized spacial score (nSPS) is 11.9. The first-order chi connectivity index (χ1) is 10.1. The fraction of sp³-hybridized carbons (Fsp3) is 1.00. The first kappa shape index (κ1) is 20.9. The minimum absolute atomic E-state index is 0.118. The lowest BCUT2D eigenvalue weighted by atomic mass is 10.1. The molecule has 0 saturated carbocycles.